The van der Waals surface area contributed by atoms with E-state index in [2.05, 4.69) is 32.9 Å². The molecule has 3 aromatic rings. The van der Waals surface area contributed by atoms with Crippen LogP contribution in [0.4, 0.5) is 11.4 Å². The Balaban J connectivity index is 1.58. The summed E-state index contributed by atoms with van der Waals surface area (Å²) in [6, 6.07) is 11.4. The standard InChI is InChI=1S/C33H46N4O6S/c1-20(37-15-13-21(14-16-37)31(39)43-33(5,6)7)24-12-10-11-22-17-27(34-28(22)24)30(38)35-25-18-23(32(2,3)4)19-26(29(25)42-8)36-44(9,40)41/h10-12,17-21,34,36H,13-16H2,1-9H3,(H,35,38). The Bertz CT molecular complexity index is 1640. The maximum Gasteiger partial charge on any atom is 0.309 e. The number of nitrogens with one attached hydrogen (secondary N) is 3. The third kappa shape index (κ3) is 7.92. The van der Waals surface area contributed by atoms with Crippen LogP contribution in [0.3, 0.4) is 0 Å². The van der Waals surface area contributed by atoms with Gasteiger partial charge in [0.2, 0.25) is 10.0 Å². The molecule has 2 heterocycles. The molecule has 1 atom stereocenters. The van der Waals surface area contributed by atoms with Crippen molar-refractivity contribution in [3.8, 4) is 5.75 Å². The summed E-state index contributed by atoms with van der Waals surface area (Å²) in [5.74, 6) is -0.392. The summed E-state index contributed by atoms with van der Waals surface area (Å²) in [4.78, 5) is 31.9. The molecule has 0 saturated carbocycles. The van der Waals surface area contributed by atoms with Crippen LogP contribution < -0.4 is 14.8 Å². The van der Waals surface area contributed by atoms with E-state index < -0.39 is 15.6 Å². The molecule has 2 aromatic carbocycles. The number of methoxy groups -OCH3 is 1. The molecule has 3 N–H and O–H groups in total. The van der Waals surface area contributed by atoms with E-state index in [9.17, 15) is 18.0 Å². The van der Waals surface area contributed by atoms with Gasteiger partial charge >= 0.3 is 5.97 Å². The highest BCUT2D eigenvalue weighted by Gasteiger charge is 2.31. The minimum Gasteiger partial charge on any atom is -0.492 e. The van der Waals surface area contributed by atoms with Crippen LogP contribution in [0.5, 0.6) is 5.75 Å². The molecule has 1 aliphatic rings. The van der Waals surface area contributed by atoms with Gasteiger partial charge in [-0.05, 0) is 88.4 Å². The monoisotopic (exact) mass is 626 g/mol. The van der Waals surface area contributed by atoms with Crippen molar-refractivity contribution in [1.82, 2.24) is 9.88 Å². The smallest absolute Gasteiger partial charge is 0.309 e. The number of carbonyl (C=O) groups excluding carboxylic acids is 2. The van der Waals surface area contributed by atoms with E-state index >= 15 is 0 Å². The second kappa shape index (κ2) is 12.4. The Morgan fingerprint density at radius 3 is 2.23 bits per heavy atom. The lowest BCUT2D eigenvalue weighted by atomic mass is 9.86. The number of para-hydroxylation sites is 1. The third-order valence-electron chi connectivity index (χ3n) is 7.90. The highest BCUT2D eigenvalue weighted by molar-refractivity contribution is 7.92. The second-order valence-corrected chi connectivity index (χ2v) is 15.4. The van der Waals surface area contributed by atoms with Crippen molar-refractivity contribution < 1.29 is 27.5 Å². The number of piperidine rings is 1. The zero-order chi connectivity index (χ0) is 32.6. The molecule has 1 unspecified atom stereocenters. The molecule has 0 aliphatic carbocycles. The number of aromatic nitrogens is 1. The Hall–Kier alpha value is -3.57. The van der Waals surface area contributed by atoms with Crippen molar-refractivity contribution in [2.75, 3.05) is 36.5 Å². The van der Waals surface area contributed by atoms with E-state index in [1.807, 2.05) is 59.7 Å². The first-order valence-electron chi connectivity index (χ1n) is 15.0. The number of anilines is 2. The Morgan fingerprint density at radius 2 is 1.66 bits per heavy atom. The Kier molecular flexibility index (Phi) is 9.42. The summed E-state index contributed by atoms with van der Waals surface area (Å²) < 4.78 is 37.9. The first-order valence-corrected chi connectivity index (χ1v) is 16.9. The predicted octanol–water partition coefficient (Wildman–Crippen LogP) is 6.21. The third-order valence-corrected chi connectivity index (χ3v) is 8.49. The number of likely N-dealkylation sites (tertiary alicyclic amines) is 1. The lowest BCUT2D eigenvalue weighted by molar-refractivity contribution is -0.161. The summed E-state index contributed by atoms with van der Waals surface area (Å²) in [6.45, 7) is 15.4. The van der Waals surface area contributed by atoms with E-state index in [0.717, 1.165) is 54.2 Å². The minimum atomic E-state index is -3.60. The van der Waals surface area contributed by atoms with Crippen LogP contribution in [0.2, 0.25) is 0 Å². The van der Waals surface area contributed by atoms with E-state index in [0.29, 0.717) is 11.4 Å². The van der Waals surface area contributed by atoms with Crippen molar-refractivity contribution in [3.05, 3.63) is 53.2 Å². The summed E-state index contributed by atoms with van der Waals surface area (Å²) in [7, 11) is -2.17. The molecule has 4 rings (SSSR count). The van der Waals surface area contributed by atoms with Gasteiger partial charge in [0.1, 0.15) is 11.3 Å². The maximum absolute atomic E-state index is 13.6. The number of hydrogen-bond donors (Lipinski definition) is 3. The highest BCUT2D eigenvalue weighted by Crippen LogP contribution is 2.39. The molecule has 11 heteroatoms. The lowest BCUT2D eigenvalue weighted by Crippen LogP contribution is -2.39. The number of sulfonamides is 1. The molecule has 0 radical (unpaired) electrons. The fraction of sp³-hybridized carbons (Fsp3) is 0.515. The molecule has 10 nitrogen and oxygen atoms in total. The number of nitrogens with zero attached hydrogens (tertiary/aromatic N) is 1. The zero-order valence-electron chi connectivity index (χ0n) is 27.3. The van der Waals surface area contributed by atoms with Crippen LogP contribution in [0, 0.1) is 5.92 Å². The van der Waals surface area contributed by atoms with Gasteiger partial charge < -0.3 is 19.8 Å². The Labute approximate surface area is 260 Å². The van der Waals surface area contributed by atoms with Crippen molar-refractivity contribution in [2.45, 2.75) is 78.4 Å². The zero-order valence-corrected chi connectivity index (χ0v) is 28.1. The average molecular weight is 627 g/mol. The van der Waals surface area contributed by atoms with Crippen molar-refractivity contribution in [2.24, 2.45) is 5.92 Å². The number of ether oxygens (including phenoxy) is 2. The number of fused-ring (bicyclic) bond motifs is 1. The quantitative estimate of drug-likeness (QED) is 0.253. The van der Waals surface area contributed by atoms with Gasteiger partial charge in [-0.3, -0.25) is 19.2 Å². The maximum atomic E-state index is 13.6. The van der Waals surface area contributed by atoms with Crippen molar-refractivity contribution >= 4 is 44.2 Å². The predicted molar refractivity (Wildman–Crippen MR) is 175 cm³/mol. The van der Waals surface area contributed by atoms with Crippen LogP contribution in [-0.2, 0) is 25.0 Å². The topological polar surface area (TPSA) is 130 Å². The van der Waals surface area contributed by atoms with Gasteiger partial charge in [-0.25, -0.2) is 8.42 Å². The molecule has 1 saturated heterocycles. The number of H-pyrrole nitrogens is 1. The SMILES string of the molecule is COc1c(NC(=O)c2cc3cccc(C(C)N4CCC(C(=O)OC(C)(C)C)CC4)c3[nH]2)cc(C(C)(C)C)cc1NS(C)(=O)=O. The number of aromatic amines is 1. The summed E-state index contributed by atoms with van der Waals surface area (Å²) >= 11 is 0. The van der Waals surface area contributed by atoms with Crippen LogP contribution in [0.15, 0.2) is 36.4 Å². The van der Waals surface area contributed by atoms with Gasteiger partial charge in [0.25, 0.3) is 5.91 Å². The number of rotatable bonds is 8. The molecule has 0 bridgehead atoms. The van der Waals surface area contributed by atoms with Gasteiger partial charge in [0, 0.05) is 11.4 Å². The Morgan fingerprint density at radius 1 is 1.02 bits per heavy atom. The van der Waals surface area contributed by atoms with Crippen molar-refractivity contribution in [1.29, 1.82) is 0 Å². The molecule has 1 amide bonds. The molecule has 1 fully saturated rings. The normalized spacial score (nSPS) is 16.0. The first kappa shape index (κ1) is 33.3. The van der Waals surface area contributed by atoms with E-state index in [-0.39, 0.29) is 40.7 Å². The minimum absolute atomic E-state index is 0.0565. The van der Waals surface area contributed by atoms with Crippen LogP contribution in [-0.4, -0.2) is 62.2 Å². The van der Waals surface area contributed by atoms with Gasteiger partial charge in [0.15, 0.2) is 5.75 Å². The van der Waals surface area contributed by atoms with Crippen LogP contribution in [0.1, 0.15) is 89.0 Å². The first-order chi connectivity index (χ1) is 20.4. The number of hydrogen-bond acceptors (Lipinski definition) is 7. The molecule has 1 aliphatic heterocycles. The van der Waals surface area contributed by atoms with E-state index in [4.69, 9.17) is 9.47 Å². The number of amides is 1. The lowest BCUT2D eigenvalue weighted by Gasteiger charge is -2.36. The molecule has 1 aromatic heterocycles. The van der Waals surface area contributed by atoms with Crippen molar-refractivity contribution in [3.63, 3.8) is 0 Å². The number of carbonyl (C=O) groups is 2. The summed E-state index contributed by atoms with van der Waals surface area (Å²) in [6.07, 6.45) is 2.54. The summed E-state index contributed by atoms with van der Waals surface area (Å²) in [5, 5.41) is 3.84. The van der Waals surface area contributed by atoms with Gasteiger partial charge in [-0.1, -0.05) is 39.0 Å². The average Bonchev–Trinajstić information content (AvgIpc) is 3.35. The number of benzene rings is 2. The molecular weight excluding hydrogens is 580 g/mol. The second-order valence-electron chi connectivity index (χ2n) is 13.7. The molecular formula is C33H46N4O6S. The molecule has 240 valence electrons. The fourth-order valence-electron chi connectivity index (χ4n) is 5.59. The fourth-order valence-corrected chi connectivity index (χ4v) is 6.15. The highest BCUT2D eigenvalue weighted by atomic mass is 32.2. The molecule has 0 spiro atoms. The van der Waals surface area contributed by atoms with Crippen LogP contribution in [0.25, 0.3) is 10.9 Å². The van der Waals surface area contributed by atoms with Gasteiger partial charge in [-0.2, -0.15) is 0 Å². The largest absolute Gasteiger partial charge is 0.492 e. The summed E-state index contributed by atoms with van der Waals surface area (Å²) in [5.41, 5.74) is 2.90. The van der Waals surface area contributed by atoms with E-state index in [1.54, 1.807) is 12.1 Å². The van der Waals surface area contributed by atoms with Gasteiger partial charge in [0.05, 0.1) is 36.2 Å². The van der Waals surface area contributed by atoms with Crippen LogP contribution >= 0.6 is 0 Å². The van der Waals surface area contributed by atoms with E-state index in [1.165, 1.54) is 7.11 Å². The number of esters is 1. The van der Waals surface area contributed by atoms with Gasteiger partial charge in [-0.15, -0.1) is 0 Å². The molecule has 44 heavy (non-hydrogen) atoms.